The molecule has 1 heterocycles. The summed E-state index contributed by atoms with van der Waals surface area (Å²) >= 11 is 0. The molecule has 1 heteroatoms. The van der Waals surface area contributed by atoms with E-state index in [2.05, 4.69) is 39.0 Å². The Balaban J connectivity index is 2.99. The lowest BCUT2D eigenvalue weighted by Crippen LogP contribution is -2.09. The van der Waals surface area contributed by atoms with Gasteiger partial charge in [0.1, 0.15) is 0 Å². The molecule has 1 fully saturated rings. The van der Waals surface area contributed by atoms with Crippen molar-refractivity contribution >= 4 is 0 Å². The Morgan fingerprint density at radius 3 is 2.42 bits per heavy atom. The van der Waals surface area contributed by atoms with E-state index in [9.17, 15) is 0 Å². The van der Waals surface area contributed by atoms with Gasteiger partial charge in [0.25, 0.3) is 0 Å². The molecule has 12 heavy (non-hydrogen) atoms. The fourth-order valence-corrected chi connectivity index (χ4v) is 1.44. The van der Waals surface area contributed by atoms with Crippen molar-refractivity contribution in [1.29, 1.82) is 0 Å². The fraction of sp³-hybridized carbons (Fsp3) is 0.455. The second-order valence-corrected chi connectivity index (χ2v) is 3.39. The van der Waals surface area contributed by atoms with Crippen LogP contribution in [0.1, 0.15) is 20.3 Å². The van der Waals surface area contributed by atoms with Gasteiger partial charge in [-0.3, -0.25) is 0 Å². The predicted molar refractivity (Wildman–Crippen MR) is 53.9 cm³/mol. The molecule has 0 aromatic rings. The van der Waals surface area contributed by atoms with Crippen molar-refractivity contribution in [3.63, 3.8) is 0 Å². The molecule has 0 saturated carbocycles. The molecule has 1 nitrogen and oxygen atoms in total. The number of allylic oxidation sites excluding steroid dienone is 2. The van der Waals surface area contributed by atoms with E-state index in [4.69, 9.17) is 0 Å². The lowest BCUT2D eigenvalue weighted by atomic mass is 10.0. The minimum Gasteiger partial charge on any atom is -0.370 e. The minimum atomic E-state index is 0.983. The standard InChI is InChI=1S/C11H17N/c1-6-8(2)11-7-12(5)10(4)9(11)3/h3-4,6-7H2,1-2,5H3/b11-8+. The summed E-state index contributed by atoms with van der Waals surface area (Å²) in [6, 6.07) is 0. The summed E-state index contributed by atoms with van der Waals surface area (Å²) in [6.07, 6.45) is 1.11. The van der Waals surface area contributed by atoms with E-state index in [1.54, 1.807) is 0 Å². The summed E-state index contributed by atoms with van der Waals surface area (Å²) in [5, 5.41) is 0. The molecule has 0 N–H and O–H groups in total. The van der Waals surface area contributed by atoms with Crippen molar-refractivity contribution in [1.82, 2.24) is 4.90 Å². The summed E-state index contributed by atoms with van der Waals surface area (Å²) in [4.78, 5) is 2.15. The van der Waals surface area contributed by atoms with Gasteiger partial charge in [0.15, 0.2) is 0 Å². The number of hydrogen-bond donors (Lipinski definition) is 0. The van der Waals surface area contributed by atoms with E-state index in [1.165, 1.54) is 11.1 Å². The quantitative estimate of drug-likeness (QED) is 0.574. The Bertz CT molecular complexity index is 255. The largest absolute Gasteiger partial charge is 0.370 e. The first-order valence-electron chi connectivity index (χ1n) is 4.36. The van der Waals surface area contributed by atoms with Gasteiger partial charge in [-0.15, -0.1) is 0 Å². The molecule has 1 saturated heterocycles. The number of likely N-dealkylation sites (tertiary alicyclic amines) is 1. The maximum absolute atomic E-state index is 4.04. The van der Waals surface area contributed by atoms with Crippen molar-refractivity contribution in [3.8, 4) is 0 Å². The van der Waals surface area contributed by atoms with Gasteiger partial charge < -0.3 is 4.90 Å². The Labute approximate surface area is 75.1 Å². The lowest BCUT2D eigenvalue weighted by molar-refractivity contribution is 0.502. The van der Waals surface area contributed by atoms with Crippen molar-refractivity contribution < 1.29 is 0 Å². The van der Waals surface area contributed by atoms with Crippen molar-refractivity contribution in [2.45, 2.75) is 20.3 Å². The third kappa shape index (κ3) is 1.31. The second kappa shape index (κ2) is 3.18. The number of nitrogens with zero attached hydrogens (tertiary/aromatic N) is 1. The molecule has 0 unspecified atom stereocenters. The minimum absolute atomic E-state index is 0.983. The Morgan fingerprint density at radius 1 is 1.50 bits per heavy atom. The molecule has 0 aromatic heterocycles. The zero-order chi connectivity index (χ0) is 9.30. The first kappa shape index (κ1) is 9.11. The maximum Gasteiger partial charge on any atom is 0.0432 e. The molecule has 0 bridgehead atoms. The summed E-state index contributed by atoms with van der Waals surface area (Å²) in [5.41, 5.74) is 5.00. The van der Waals surface area contributed by atoms with Crippen molar-refractivity contribution in [2.75, 3.05) is 13.6 Å². The van der Waals surface area contributed by atoms with Crippen LogP contribution in [0, 0.1) is 0 Å². The van der Waals surface area contributed by atoms with Crippen LogP contribution in [0.4, 0.5) is 0 Å². The molecule has 0 radical (unpaired) electrons. The average Bonchev–Trinajstić information content (AvgIpc) is 2.32. The third-order valence-corrected chi connectivity index (χ3v) is 2.61. The first-order chi connectivity index (χ1) is 5.57. The van der Waals surface area contributed by atoms with Crippen molar-refractivity contribution in [3.05, 3.63) is 35.6 Å². The highest BCUT2D eigenvalue weighted by molar-refractivity contribution is 5.50. The summed E-state index contributed by atoms with van der Waals surface area (Å²) in [6.45, 7) is 13.3. The van der Waals surface area contributed by atoms with Gasteiger partial charge in [0.05, 0.1) is 0 Å². The molecule has 0 atom stereocenters. The molecular formula is C11H17N. The van der Waals surface area contributed by atoms with Crippen LogP contribution in [-0.4, -0.2) is 18.5 Å². The van der Waals surface area contributed by atoms with Crippen LogP contribution in [0.5, 0.6) is 0 Å². The number of hydrogen-bond acceptors (Lipinski definition) is 1. The molecule has 0 aromatic carbocycles. The van der Waals surface area contributed by atoms with Crippen LogP contribution < -0.4 is 0 Å². The molecular weight excluding hydrogens is 146 g/mol. The Kier molecular flexibility index (Phi) is 2.41. The van der Waals surface area contributed by atoms with Gasteiger partial charge in [0, 0.05) is 19.3 Å². The maximum atomic E-state index is 4.04. The topological polar surface area (TPSA) is 3.24 Å². The highest BCUT2D eigenvalue weighted by atomic mass is 15.1. The van der Waals surface area contributed by atoms with Gasteiger partial charge >= 0.3 is 0 Å². The van der Waals surface area contributed by atoms with E-state index in [1.807, 2.05) is 0 Å². The molecule has 1 aliphatic rings. The van der Waals surface area contributed by atoms with Crippen LogP contribution >= 0.6 is 0 Å². The van der Waals surface area contributed by atoms with Crippen molar-refractivity contribution in [2.24, 2.45) is 0 Å². The van der Waals surface area contributed by atoms with Gasteiger partial charge in [-0.05, 0) is 24.5 Å². The molecule has 0 amide bonds. The molecule has 1 aliphatic heterocycles. The smallest absolute Gasteiger partial charge is 0.0432 e. The number of likely N-dealkylation sites (N-methyl/N-ethyl adjacent to an activating group) is 1. The van der Waals surface area contributed by atoms with E-state index in [-0.39, 0.29) is 0 Å². The Morgan fingerprint density at radius 2 is 2.08 bits per heavy atom. The molecule has 66 valence electrons. The molecule has 0 aliphatic carbocycles. The number of rotatable bonds is 1. The fourth-order valence-electron chi connectivity index (χ4n) is 1.44. The second-order valence-electron chi connectivity index (χ2n) is 3.39. The predicted octanol–water partition coefficient (Wildman–Crippen LogP) is 2.73. The van der Waals surface area contributed by atoms with E-state index in [0.29, 0.717) is 0 Å². The third-order valence-electron chi connectivity index (χ3n) is 2.61. The zero-order valence-corrected chi connectivity index (χ0v) is 8.28. The summed E-state index contributed by atoms with van der Waals surface area (Å²) in [7, 11) is 2.06. The van der Waals surface area contributed by atoms with E-state index < -0.39 is 0 Å². The molecule has 0 spiro atoms. The SMILES string of the molecule is C=C1C(=C)N(C)C/C1=C(/C)CC. The normalized spacial score (nSPS) is 22.1. The molecule has 1 rings (SSSR count). The highest BCUT2D eigenvalue weighted by Gasteiger charge is 2.21. The van der Waals surface area contributed by atoms with Gasteiger partial charge in [-0.1, -0.05) is 25.7 Å². The van der Waals surface area contributed by atoms with Crippen LogP contribution in [0.2, 0.25) is 0 Å². The zero-order valence-electron chi connectivity index (χ0n) is 8.28. The van der Waals surface area contributed by atoms with Gasteiger partial charge in [0.2, 0.25) is 0 Å². The first-order valence-corrected chi connectivity index (χ1v) is 4.36. The Hall–Kier alpha value is -0.980. The van der Waals surface area contributed by atoms with Gasteiger partial charge in [-0.25, -0.2) is 0 Å². The summed E-state index contributed by atoms with van der Waals surface area (Å²) in [5.74, 6) is 0. The monoisotopic (exact) mass is 163 g/mol. The van der Waals surface area contributed by atoms with Crippen LogP contribution in [0.15, 0.2) is 35.6 Å². The van der Waals surface area contributed by atoms with Crippen LogP contribution in [0.3, 0.4) is 0 Å². The summed E-state index contributed by atoms with van der Waals surface area (Å²) < 4.78 is 0. The van der Waals surface area contributed by atoms with E-state index >= 15 is 0 Å². The lowest BCUT2D eigenvalue weighted by Gasteiger charge is -2.08. The average molecular weight is 163 g/mol. The van der Waals surface area contributed by atoms with Gasteiger partial charge in [-0.2, -0.15) is 0 Å². The van der Waals surface area contributed by atoms with E-state index in [0.717, 1.165) is 24.2 Å². The highest BCUT2D eigenvalue weighted by Crippen LogP contribution is 2.30. The van der Waals surface area contributed by atoms with Crippen LogP contribution in [-0.2, 0) is 0 Å². The van der Waals surface area contributed by atoms with Crippen LogP contribution in [0.25, 0.3) is 0 Å².